The van der Waals surface area contributed by atoms with Crippen molar-refractivity contribution in [2.45, 2.75) is 18.9 Å². The second-order valence-corrected chi connectivity index (χ2v) is 2.70. The average Bonchev–Trinajstić information content (AvgIpc) is 2.52. The van der Waals surface area contributed by atoms with Gasteiger partial charge in [0, 0.05) is 6.42 Å². The molecule has 1 aromatic rings. The number of halogens is 2. The number of nitrogens with one attached hydrogen (secondary N) is 1. The Balaban J connectivity index is 2.76. The first kappa shape index (κ1) is 10.5. The fourth-order valence-corrected chi connectivity index (χ4v) is 0.955. The average molecular weight is 206 g/mol. The van der Waals surface area contributed by atoms with Crippen LogP contribution in [-0.4, -0.2) is 27.6 Å². The number of hydrogen-bond donors (Lipinski definition) is 2. The number of hydrogen-bond acceptors (Lipinski definition) is 4. The molecule has 0 aromatic carbocycles. The first-order chi connectivity index (χ1) is 6.52. The Labute approximate surface area is 77.2 Å². The van der Waals surface area contributed by atoms with Gasteiger partial charge in [0.2, 0.25) is 0 Å². The lowest BCUT2D eigenvalue weighted by molar-refractivity contribution is -0.390. The molecule has 1 heterocycles. The van der Waals surface area contributed by atoms with Crippen LogP contribution in [0.15, 0.2) is 6.20 Å². The summed E-state index contributed by atoms with van der Waals surface area (Å²) in [6.07, 6.45) is -1.85. The molecule has 1 aromatic heterocycles. The fourth-order valence-electron chi connectivity index (χ4n) is 0.955. The predicted molar refractivity (Wildman–Crippen MR) is 42.9 cm³/mol. The van der Waals surface area contributed by atoms with Gasteiger partial charge in [-0.15, -0.1) is 5.10 Å². The van der Waals surface area contributed by atoms with Crippen molar-refractivity contribution in [3.8, 4) is 0 Å². The number of aromatic nitrogens is 2. The summed E-state index contributed by atoms with van der Waals surface area (Å²) in [6.45, 7) is 0. The molecule has 0 amide bonds. The Kier molecular flexibility index (Phi) is 3.07. The van der Waals surface area contributed by atoms with Crippen LogP contribution in [0.2, 0.25) is 0 Å². The number of H-pyrrole nitrogens is 1. The highest BCUT2D eigenvalue weighted by Crippen LogP contribution is 2.16. The van der Waals surface area contributed by atoms with E-state index in [0.29, 0.717) is 0 Å². The minimum Gasteiger partial charge on any atom is -0.358 e. The van der Waals surface area contributed by atoms with Gasteiger partial charge in [-0.1, -0.05) is 5.10 Å². The third-order valence-corrected chi connectivity index (χ3v) is 1.66. The van der Waals surface area contributed by atoms with Crippen LogP contribution in [0.25, 0.3) is 0 Å². The van der Waals surface area contributed by atoms with Crippen molar-refractivity contribution in [2.24, 2.45) is 5.73 Å². The van der Waals surface area contributed by atoms with Crippen LogP contribution >= 0.6 is 0 Å². The topological polar surface area (TPSA) is 97.8 Å². The summed E-state index contributed by atoms with van der Waals surface area (Å²) >= 11 is 0. The van der Waals surface area contributed by atoms with Crippen LogP contribution in [0.4, 0.5) is 14.6 Å². The predicted octanol–water partition coefficient (Wildman–Crippen LogP) is 0.453. The number of aromatic amines is 1. The second-order valence-electron chi connectivity index (χ2n) is 2.70. The summed E-state index contributed by atoms with van der Waals surface area (Å²) in [4.78, 5) is 9.62. The lowest BCUT2D eigenvalue weighted by Gasteiger charge is -2.07. The highest BCUT2D eigenvalue weighted by Gasteiger charge is 2.22. The maximum atomic E-state index is 12.0. The minimum atomic E-state index is -2.70. The lowest BCUT2D eigenvalue weighted by Crippen LogP contribution is -2.30. The molecule has 6 nitrogen and oxygen atoms in total. The molecule has 1 unspecified atom stereocenters. The van der Waals surface area contributed by atoms with Crippen molar-refractivity contribution in [1.82, 2.24) is 10.2 Å². The van der Waals surface area contributed by atoms with E-state index in [2.05, 4.69) is 10.2 Å². The largest absolute Gasteiger partial charge is 0.358 e. The third kappa shape index (κ3) is 2.22. The van der Waals surface area contributed by atoms with E-state index < -0.39 is 17.4 Å². The molecule has 1 atom stereocenters. The van der Waals surface area contributed by atoms with E-state index in [1.165, 1.54) is 0 Å². The van der Waals surface area contributed by atoms with Gasteiger partial charge < -0.3 is 15.8 Å². The number of nitro groups is 1. The molecule has 0 aliphatic carbocycles. The summed E-state index contributed by atoms with van der Waals surface area (Å²) < 4.78 is 24.1. The van der Waals surface area contributed by atoms with Gasteiger partial charge in [-0.05, 0) is 4.92 Å². The Morgan fingerprint density at radius 1 is 1.71 bits per heavy atom. The van der Waals surface area contributed by atoms with Gasteiger partial charge in [-0.25, -0.2) is 8.78 Å². The maximum absolute atomic E-state index is 12.0. The fraction of sp³-hybridized carbons (Fsp3) is 0.500. The van der Waals surface area contributed by atoms with E-state index in [-0.39, 0.29) is 17.8 Å². The summed E-state index contributed by atoms with van der Waals surface area (Å²) in [5, 5.41) is 15.8. The summed E-state index contributed by atoms with van der Waals surface area (Å²) in [5.74, 6) is -0.388. The quantitative estimate of drug-likeness (QED) is 0.552. The number of alkyl halides is 2. The Bertz CT molecular complexity index is 327. The molecule has 0 aliphatic rings. The van der Waals surface area contributed by atoms with E-state index >= 15 is 0 Å². The van der Waals surface area contributed by atoms with Crippen LogP contribution in [0.3, 0.4) is 0 Å². The molecule has 0 saturated carbocycles. The number of nitrogens with two attached hydrogens (primary N) is 1. The van der Waals surface area contributed by atoms with E-state index in [4.69, 9.17) is 5.73 Å². The van der Waals surface area contributed by atoms with Gasteiger partial charge in [0.25, 0.3) is 6.43 Å². The van der Waals surface area contributed by atoms with Crippen molar-refractivity contribution in [3.63, 3.8) is 0 Å². The molecular weight excluding hydrogens is 198 g/mol. The lowest BCUT2D eigenvalue weighted by atomic mass is 10.1. The van der Waals surface area contributed by atoms with E-state index in [1.54, 1.807) is 0 Å². The molecule has 0 fully saturated rings. The number of nitrogens with zero attached hydrogens (tertiary/aromatic N) is 2. The van der Waals surface area contributed by atoms with Crippen LogP contribution in [0, 0.1) is 10.1 Å². The first-order valence-corrected chi connectivity index (χ1v) is 3.72. The zero-order valence-electron chi connectivity index (χ0n) is 6.98. The van der Waals surface area contributed by atoms with Crippen molar-refractivity contribution >= 4 is 5.82 Å². The van der Waals surface area contributed by atoms with Crippen molar-refractivity contribution in [1.29, 1.82) is 0 Å². The normalized spacial score (nSPS) is 13.1. The van der Waals surface area contributed by atoms with Crippen LogP contribution in [0.5, 0.6) is 0 Å². The van der Waals surface area contributed by atoms with Gasteiger partial charge >= 0.3 is 5.82 Å². The molecule has 0 radical (unpaired) electrons. The highest BCUT2D eigenvalue weighted by atomic mass is 19.3. The van der Waals surface area contributed by atoms with Crippen molar-refractivity contribution < 1.29 is 13.7 Å². The minimum absolute atomic E-state index is 0.0859. The highest BCUT2D eigenvalue weighted by molar-refractivity contribution is 5.30. The molecular formula is C6H8F2N4O2. The van der Waals surface area contributed by atoms with E-state index in [9.17, 15) is 18.9 Å². The Morgan fingerprint density at radius 2 is 2.36 bits per heavy atom. The van der Waals surface area contributed by atoms with Gasteiger partial charge in [0.15, 0.2) is 0 Å². The van der Waals surface area contributed by atoms with E-state index in [1.807, 2.05) is 0 Å². The molecule has 78 valence electrons. The molecule has 14 heavy (non-hydrogen) atoms. The van der Waals surface area contributed by atoms with Crippen LogP contribution < -0.4 is 5.73 Å². The monoisotopic (exact) mass is 206 g/mol. The van der Waals surface area contributed by atoms with Crippen LogP contribution in [-0.2, 0) is 6.42 Å². The zero-order chi connectivity index (χ0) is 10.7. The standard InChI is InChI=1S/C6H8F2N4O2/c7-5(8)4(9)1-3-2-10-11-6(3)12(13)14/h2,4-5H,1,9H2,(H,10,11). The van der Waals surface area contributed by atoms with Crippen molar-refractivity contribution in [2.75, 3.05) is 0 Å². The second kappa shape index (κ2) is 4.09. The van der Waals surface area contributed by atoms with Gasteiger partial charge in [-0.3, -0.25) is 0 Å². The summed E-state index contributed by atoms with van der Waals surface area (Å²) in [6, 6.07) is -1.41. The Hall–Kier alpha value is -1.57. The summed E-state index contributed by atoms with van der Waals surface area (Å²) in [7, 11) is 0. The molecule has 3 N–H and O–H groups in total. The zero-order valence-corrected chi connectivity index (χ0v) is 6.98. The SMILES string of the molecule is NC(Cc1cn[nH]c1[N+](=O)[O-])C(F)F. The molecule has 8 heteroatoms. The third-order valence-electron chi connectivity index (χ3n) is 1.66. The van der Waals surface area contributed by atoms with Gasteiger partial charge in [0.1, 0.15) is 0 Å². The summed E-state index contributed by atoms with van der Waals surface area (Å²) in [5.41, 5.74) is 5.15. The maximum Gasteiger partial charge on any atom is 0.345 e. The smallest absolute Gasteiger partial charge is 0.345 e. The molecule has 0 bridgehead atoms. The van der Waals surface area contributed by atoms with E-state index in [0.717, 1.165) is 6.20 Å². The molecule has 0 aliphatic heterocycles. The Morgan fingerprint density at radius 3 is 2.86 bits per heavy atom. The molecule has 0 spiro atoms. The first-order valence-electron chi connectivity index (χ1n) is 3.72. The number of rotatable bonds is 4. The van der Waals surface area contributed by atoms with Gasteiger partial charge in [-0.2, -0.15) is 0 Å². The molecule has 0 saturated heterocycles. The van der Waals surface area contributed by atoms with Crippen molar-refractivity contribution in [3.05, 3.63) is 21.9 Å². The van der Waals surface area contributed by atoms with Crippen LogP contribution in [0.1, 0.15) is 5.56 Å². The van der Waals surface area contributed by atoms with Gasteiger partial charge in [0.05, 0.1) is 17.8 Å². The molecule has 1 rings (SSSR count).